The molecule has 1 fully saturated rings. The largest absolute Gasteiger partial charge is 0.396 e. The van der Waals surface area contributed by atoms with Crippen LogP contribution in [0.15, 0.2) is 78.9 Å². The molecule has 3 aromatic carbocycles. The van der Waals surface area contributed by atoms with Gasteiger partial charge >= 0.3 is 0 Å². The molecule has 0 saturated carbocycles. The van der Waals surface area contributed by atoms with E-state index in [0.717, 1.165) is 30.4 Å². The van der Waals surface area contributed by atoms with Crippen molar-refractivity contribution in [1.82, 2.24) is 4.90 Å². The van der Waals surface area contributed by atoms with Gasteiger partial charge in [-0.2, -0.15) is 0 Å². The van der Waals surface area contributed by atoms with Crippen molar-refractivity contribution >= 4 is 5.91 Å². The van der Waals surface area contributed by atoms with E-state index >= 15 is 0 Å². The highest BCUT2D eigenvalue weighted by Crippen LogP contribution is 2.35. The summed E-state index contributed by atoms with van der Waals surface area (Å²) in [7, 11) is 0. The van der Waals surface area contributed by atoms with E-state index in [9.17, 15) is 14.3 Å². The van der Waals surface area contributed by atoms with E-state index in [2.05, 4.69) is 12.1 Å². The first-order valence-corrected chi connectivity index (χ1v) is 10.4. The Kier molecular flexibility index (Phi) is 5.96. The molecular formula is C26H26FNO2. The number of piperidine rings is 1. The standard InChI is InChI=1S/C26H26FNO2/c27-24-11-5-9-22(17-24)21-8-4-10-23(16-21)25(30)28-14-12-26(19-29,13-15-28)18-20-6-2-1-3-7-20/h1-11,16-17,29H,12-15,18-19H2. The van der Waals surface area contributed by atoms with Crippen molar-refractivity contribution in [3.63, 3.8) is 0 Å². The zero-order valence-electron chi connectivity index (χ0n) is 16.9. The van der Waals surface area contributed by atoms with E-state index in [0.29, 0.717) is 18.7 Å². The summed E-state index contributed by atoms with van der Waals surface area (Å²) in [5.74, 6) is -0.307. The van der Waals surface area contributed by atoms with E-state index in [1.807, 2.05) is 53.4 Å². The van der Waals surface area contributed by atoms with Crippen LogP contribution in [0, 0.1) is 11.2 Å². The van der Waals surface area contributed by atoms with Crippen molar-refractivity contribution in [2.24, 2.45) is 5.41 Å². The topological polar surface area (TPSA) is 40.5 Å². The summed E-state index contributed by atoms with van der Waals surface area (Å²) in [4.78, 5) is 15.0. The van der Waals surface area contributed by atoms with Crippen LogP contribution >= 0.6 is 0 Å². The van der Waals surface area contributed by atoms with Crippen LogP contribution in [0.2, 0.25) is 0 Å². The average Bonchev–Trinajstić information content (AvgIpc) is 2.80. The number of nitrogens with zero attached hydrogens (tertiary/aromatic N) is 1. The number of carbonyl (C=O) groups excluding carboxylic acids is 1. The number of likely N-dealkylation sites (tertiary alicyclic amines) is 1. The Bertz CT molecular complexity index is 1010. The molecule has 0 unspecified atom stereocenters. The molecule has 1 heterocycles. The second-order valence-electron chi connectivity index (χ2n) is 8.20. The Morgan fingerprint density at radius 3 is 2.23 bits per heavy atom. The van der Waals surface area contributed by atoms with Gasteiger partial charge in [0.25, 0.3) is 5.91 Å². The van der Waals surface area contributed by atoms with Gasteiger partial charge in [-0.3, -0.25) is 4.79 Å². The van der Waals surface area contributed by atoms with Gasteiger partial charge in [-0.05, 0) is 60.2 Å². The van der Waals surface area contributed by atoms with Crippen molar-refractivity contribution in [2.45, 2.75) is 19.3 Å². The number of amides is 1. The predicted octanol–water partition coefficient (Wildman–Crippen LogP) is 4.95. The first-order chi connectivity index (χ1) is 14.6. The Labute approximate surface area is 176 Å². The molecule has 4 heteroatoms. The molecule has 0 aliphatic carbocycles. The Balaban J connectivity index is 1.46. The van der Waals surface area contributed by atoms with Gasteiger partial charge in [0.05, 0.1) is 0 Å². The predicted molar refractivity (Wildman–Crippen MR) is 117 cm³/mol. The number of aliphatic hydroxyl groups is 1. The molecular weight excluding hydrogens is 377 g/mol. The molecule has 3 nitrogen and oxygen atoms in total. The van der Waals surface area contributed by atoms with Crippen molar-refractivity contribution in [1.29, 1.82) is 0 Å². The maximum absolute atomic E-state index is 13.6. The third-order valence-electron chi connectivity index (χ3n) is 6.14. The number of hydrogen-bond donors (Lipinski definition) is 1. The monoisotopic (exact) mass is 403 g/mol. The van der Waals surface area contributed by atoms with Gasteiger partial charge in [-0.25, -0.2) is 4.39 Å². The molecule has 0 radical (unpaired) electrons. The lowest BCUT2D eigenvalue weighted by Crippen LogP contribution is -2.45. The second-order valence-corrected chi connectivity index (χ2v) is 8.20. The molecule has 1 amide bonds. The van der Waals surface area contributed by atoms with Gasteiger partial charge in [0, 0.05) is 30.7 Å². The van der Waals surface area contributed by atoms with Gasteiger partial charge in [0.1, 0.15) is 5.82 Å². The van der Waals surface area contributed by atoms with Gasteiger partial charge in [-0.1, -0.05) is 54.6 Å². The summed E-state index contributed by atoms with van der Waals surface area (Å²) in [5.41, 5.74) is 3.23. The number of benzene rings is 3. The number of hydrogen-bond acceptors (Lipinski definition) is 2. The molecule has 0 atom stereocenters. The summed E-state index contributed by atoms with van der Waals surface area (Å²) in [5, 5.41) is 10.1. The van der Waals surface area contributed by atoms with E-state index < -0.39 is 0 Å². The lowest BCUT2D eigenvalue weighted by atomic mass is 9.74. The first-order valence-electron chi connectivity index (χ1n) is 10.4. The number of halogens is 1. The molecule has 0 spiro atoms. The first kappa shape index (κ1) is 20.3. The fourth-order valence-corrected chi connectivity index (χ4v) is 4.29. The quantitative estimate of drug-likeness (QED) is 0.655. The highest BCUT2D eigenvalue weighted by atomic mass is 19.1. The molecule has 0 bridgehead atoms. The highest BCUT2D eigenvalue weighted by molar-refractivity contribution is 5.95. The zero-order chi connectivity index (χ0) is 21.0. The van der Waals surface area contributed by atoms with Crippen LogP contribution in [0.25, 0.3) is 11.1 Å². The number of aliphatic hydroxyl groups excluding tert-OH is 1. The highest BCUT2D eigenvalue weighted by Gasteiger charge is 2.35. The van der Waals surface area contributed by atoms with Gasteiger partial charge in [-0.15, -0.1) is 0 Å². The lowest BCUT2D eigenvalue weighted by molar-refractivity contribution is 0.0358. The fourth-order valence-electron chi connectivity index (χ4n) is 4.29. The van der Waals surface area contributed by atoms with Gasteiger partial charge in [0.15, 0.2) is 0 Å². The second kappa shape index (κ2) is 8.80. The number of rotatable bonds is 5. The Hall–Kier alpha value is -2.98. The average molecular weight is 403 g/mol. The maximum atomic E-state index is 13.6. The van der Waals surface area contributed by atoms with Crippen molar-refractivity contribution in [3.05, 3.63) is 95.8 Å². The Morgan fingerprint density at radius 2 is 1.57 bits per heavy atom. The third-order valence-corrected chi connectivity index (χ3v) is 6.14. The van der Waals surface area contributed by atoms with Crippen LogP contribution in [0.1, 0.15) is 28.8 Å². The van der Waals surface area contributed by atoms with Crippen LogP contribution in [-0.2, 0) is 6.42 Å². The molecule has 0 aromatic heterocycles. The zero-order valence-corrected chi connectivity index (χ0v) is 16.9. The van der Waals surface area contributed by atoms with Crippen LogP contribution < -0.4 is 0 Å². The molecule has 4 rings (SSSR count). The van der Waals surface area contributed by atoms with E-state index in [4.69, 9.17) is 0 Å². The normalized spacial score (nSPS) is 15.7. The SMILES string of the molecule is O=C(c1cccc(-c2cccc(F)c2)c1)N1CCC(CO)(Cc2ccccc2)CC1. The van der Waals surface area contributed by atoms with Crippen LogP contribution in [-0.4, -0.2) is 35.6 Å². The van der Waals surface area contributed by atoms with Crippen LogP contribution in [0.4, 0.5) is 4.39 Å². The summed E-state index contributed by atoms with van der Waals surface area (Å²) >= 11 is 0. The van der Waals surface area contributed by atoms with Gasteiger partial charge in [0.2, 0.25) is 0 Å². The van der Waals surface area contributed by atoms with E-state index in [-0.39, 0.29) is 23.7 Å². The molecule has 1 saturated heterocycles. The summed E-state index contributed by atoms with van der Waals surface area (Å²) in [6, 6.07) is 24.0. The minimum Gasteiger partial charge on any atom is -0.396 e. The van der Waals surface area contributed by atoms with Crippen molar-refractivity contribution in [3.8, 4) is 11.1 Å². The lowest BCUT2D eigenvalue weighted by Gasteiger charge is -2.41. The maximum Gasteiger partial charge on any atom is 0.253 e. The number of carbonyl (C=O) groups is 1. The van der Waals surface area contributed by atoms with Crippen LogP contribution in [0.3, 0.4) is 0 Å². The fraction of sp³-hybridized carbons (Fsp3) is 0.269. The van der Waals surface area contributed by atoms with Crippen molar-refractivity contribution < 1.29 is 14.3 Å². The molecule has 154 valence electrons. The molecule has 1 aliphatic heterocycles. The van der Waals surface area contributed by atoms with Crippen LogP contribution in [0.5, 0.6) is 0 Å². The van der Waals surface area contributed by atoms with E-state index in [1.165, 1.54) is 17.7 Å². The minimum atomic E-state index is -0.293. The Morgan fingerprint density at radius 1 is 0.900 bits per heavy atom. The van der Waals surface area contributed by atoms with E-state index in [1.54, 1.807) is 6.07 Å². The third kappa shape index (κ3) is 4.44. The molecule has 3 aromatic rings. The molecule has 1 N–H and O–H groups in total. The molecule has 1 aliphatic rings. The summed E-state index contributed by atoms with van der Waals surface area (Å²) < 4.78 is 13.6. The van der Waals surface area contributed by atoms with Gasteiger partial charge < -0.3 is 10.0 Å². The summed E-state index contributed by atoms with van der Waals surface area (Å²) in [6.45, 7) is 1.37. The van der Waals surface area contributed by atoms with Crippen molar-refractivity contribution in [2.75, 3.05) is 19.7 Å². The molecule has 30 heavy (non-hydrogen) atoms. The summed E-state index contributed by atoms with van der Waals surface area (Å²) in [6.07, 6.45) is 2.36. The minimum absolute atomic E-state index is 0.0143. The smallest absolute Gasteiger partial charge is 0.253 e.